The van der Waals surface area contributed by atoms with E-state index in [2.05, 4.69) is 5.32 Å². The van der Waals surface area contributed by atoms with Crippen LogP contribution < -0.4 is 5.32 Å². The fraction of sp³-hybridized carbons (Fsp3) is 0.294. The lowest BCUT2D eigenvalue weighted by Gasteiger charge is -2.26. The molecular formula is C17H16N4O7. The first-order valence-corrected chi connectivity index (χ1v) is 8.05. The van der Waals surface area contributed by atoms with Gasteiger partial charge in [0.15, 0.2) is 0 Å². The molecule has 1 aliphatic heterocycles. The number of carbonyl (C=O) groups is 1. The number of allylic oxidation sites excluding steroid dienone is 2. The summed E-state index contributed by atoms with van der Waals surface area (Å²) in [7, 11) is 0. The molecule has 146 valence electrons. The minimum atomic E-state index is -1.11. The second-order valence-electron chi connectivity index (χ2n) is 5.77. The van der Waals surface area contributed by atoms with Crippen LogP contribution in [0.4, 0.5) is 10.5 Å². The molecule has 1 aliphatic rings. The highest BCUT2D eigenvalue weighted by Gasteiger charge is 2.40. The van der Waals surface area contributed by atoms with Gasteiger partial charge in [0.2, 0.25) is 0 Å². The third-order valence-corrected chi connectivity index (χ3v) is 3.93. The number of nitro benzene ring substituents is 1. The lowest BCUT2D eigenvalue weighted by atomic mass is 9.89. The van der Waals surface area contributed by atoms with Crippen LogP contribution in [0.2, 0.25) is 0 Å². The molecule has 1 aromatic rings. The van der Waals surface area contributed by atoms with Crippen LogP contribution >= 0.6 is 0 Å². The van der Waals surface area contributed by atoms with Gasteiger partial charge < -0.3 is 14.8 Å². The lowest BCUT2D eigenvalue weighted by molar-refractivity contribution is -0.431. The molecule has 1 atom stereocenters. The minimum absolute atomic E-state index is 0.0314. The molecule has 11 nitrogen and oxygen atoms in total. The van der Waals surface area contributed by atoms with Gasteiger partial charge in [-0.25, -0.2) is 4.79 Å². The first-order valence-electron chi connectivity index (χ1n) is 8.05. The number of nitro groups is 2. The Morgan fingerprint density at radius 3 is 2.36 bits per heavy atom. The van der Waals surface area contributed by atoms with Crippen molar-refractivity contribution >= 4 is 11.8 Å². The number of benzene rings is 1. The Bertz CT molecular complexity index is 912. The monoisotopic (exact) mass is 388 g/mol. The number of nitriles is 1. The molecule has 0 amide bonds. The number of dihydropyridines is 1. The molecule has 11 heteroatoms. The summed E-state index contributed by atoms with van der Waals surface area (Å²) in [6.07, 6.45) is -1.14. The van der Waals surface area contributed by atoms with Crippen LogP contribution in [-0.4, -0.2) is 22.6 Å². The minimum Gasteiger partial charge on any atom is -0.433 e. The predicted octanol–water partition coefficient (Wildman–Crippen LogP) is 3.09. The van der Waals surface area contributed by atoms with Crippen molar-refractivity contribution in [3.05, 3.63) is 72.9 Å². The number of nitrogens with zero attached hydrogens (tertiary/aromatic N) is 3. The molecule has 0 fully saturated rings. The van der Waals surface area contributed by atoms with Crippen molar-refractivity contribution in [3.8, 4) is 6.07 Å². The van der Waals surface area contributed by atoms with Crippen LogP contribution in [0.3, 0.4) is 0 Å². The van der Waals surface area contributed by atoms with E-state index in [0.717, 1.165) is 0 Å². The number of hydrogen-bond acceptors (Lipinski definition) is 9. The number of nitrogens with one attached hydrogen (secondary N) is 1. The van der Waals surface area contributed by atoms with Crippen LogP contribution in [0.25, 0.3) is 0 Å². The molecule has 0 radical (unpaired) electrons. The van der Waals surface area contributed by atoms with Crippen molar-refractivity contribution in [3.63, 3.8) is 0 Å². The zero-order valence-corrected chi connectivity index (χ0v) is 15.0. The Morgan fingerprint density at radius 2 is 1.82 bits per heavy atom. The van der Waals surface area contributed by atoms with Gasteiger partial charge in [-0.1, -0.05) is 12.1 Å². The average Bonchev–Trinajstić information content (AvgIpc) is 2.63. The molecule has 0 aliphatic carbocycles. The Kier molecular flexibility index (Phi) is 6.28. The van der Waals surface area contributed by atoms with Crippen molar-refractivity contribution in [2.24, 2.45) is 0 Å². The van der Waals surface area contributed by atoms with Crippen molar-refractivity contribution in [1.29, 1.82) is 5.26 Å². The number of non-ortho nitro benzene ring substituents is 1. The quantitative estimate of drug-likeness (QED) is 0.334. The topological polar surface area (TPSA) is 158 Å². The molecule has 1 heterocycles. The molecule has 0 bridgehead atoms. The summed E-state index contributed by atoms with van der Waals surface area (Å²) in [5, 5.41) is 33.8. The molecule has 2 rings (SSSR count). The van der Waals surface area contributed by atoms with Crippen LogP contribution in [0.5, 0.6) is 0 Å². The second-order valence-corrected chi connectivity index (χ2v) is 5.77. The number of ether oxygens (including phenoxy) is 2. The van der Waals surface area contributed by atoms with Gasteiger partial charge in [0.25, 0.3) is 11.4 Å². The fourth-order valence-corrected chi connectivity index (χ4v) is 2.74. The standard InChI is InChI=1S/C17H16N4O7/c1-10-15(21(25)26)14(12-4-6-13(7-5-12)20(23)24)16(11(2)19-10)28-17(22)27-9-3-8-18/h4-7,14,19H,3,9H2,1-2H3. The Labute approximate surface area is 159 Å². The van der Waals surface area contributed by atoms with Crippen LogP contribution in [0, 0.1) is 31.6 Å². The Morgan fingerprint density at radius 1 is 1.18 bits per heavy atom. The van der Waals surface area contributed by atoms with E-state index >= 15 is 0 Å². The molecule has 0 saturated heterocycles. The molecular weight excluding hydrogens is 372 g/mol. The maximum absolute atomic E-state index is 11.9. The zero-order chi connectivity index (χ0) is 20.8. The Hall–Kier alpha value is -3.94. The molecule has 28 heavy (non-hydrogen) atoms. The van der Waals surface area contributed by atoms with Gasteiger partial charge in [-0.3, -0.25) is 20.2 Å². The predicted molar refractivity (Wildman–Crippen MR) is 94.0 cm³/mol. The highest BCUT2D eigenvalue weighted by atomic mass is 16.7. The maximum Gasteiger partial charge on any atom is 0.513 e. The summed E-state index contributed by atoms with van der Waals surface area (Å²) >= 11 is 0. The van der Waals surface area contributed by atoms with Crippen LogP contribution in [0.15, 0.2) is 47.1 Å². The lowest BCUT2D eigenvalue weighted by Crippen LogP contribution is -2.30. The largest absolute Gasteiger partial charge is 0.513 e. The summed E-state index contributed by atoms with van der Waals surface area (Å²) in [6.45, 7) is 2.88. The van der Waals surface area contributed by atoms with Gasteiger partial charge in [-0.05, 0) is 19.4 Å². The average molecular weight is 388 g/mol. The van der Waals surface area contributed by atoms with Crippen molar-refractivity contribution in [1.82, 2.24) is 5.32 Å². The van der Waals surface area contributed by atoms with Gasteiger partial charge in [-0.15, -0.1) is 0 Å². The van der Waals surface area contributed by atoms with Crippen molar-refractivity contribution in [2.45, 2.75) is 26.2 Å². The highest BCUT2D eigenvalue weighted by molar-refractivity contribution is 5.63. The first-order chi connectivity index (χ1) is 13.3. The maximum atomic E-state index is 11.9. The molecule has 0 aromatic heterocycles. The van der Waals surface area contributed by atoms with Crippen molar-refractivity contribution < 1.29 is 24.1 Å². The summed E-state index contributed by atoms with van der Waals surface area (Å²) in [5.74, 6) is -1.14. The third-order valence-electron chi connectivity index (χ3n) is 3.93. The number of hydrogen-bond donors (Lipinski definition) is 1. The Balaban J connectivity index is 2.44. The molecule has 1 aromatic carbocycles. The van der Waals surface area contributed by atoms with Gasteiger partial charge in [0, 0.05) is 12.1 Å². The van der Waals surface area contributed by atoms with Gasteiger partial charge in [-0.2, -0.15) is 5.26 Å². The molecule has 0 spiro atoms. The number of carbonyl (C=O) groups excluding carboxylic acids is 1. The van der Waals surface area contributed by atoms with E-state index in [0.29, 0.717) is 11.3 Å². The SMILES string of the molecule is CC1=C(OC(=O)OCCC#N)C(c2ccc([N+](=O)[O-])cc2)C([N+](=O)[O-])=C(C)N1. The van der Waals surface area contributed by atoms with Gasteiger partial charge in [0.1, 0.15) is 18.3 Å². The smallest absolute Gasteiger partial charge is 0.433 e. The zero-order valence-electron chi connectivity index (χ0n) is 15.0. The van der Waals surface area contributed by atoms with E-state index in [1.54, 1.807) is 13.0 Å². The number of rotatable bonds is 6. The van der Waals surface area contributed by atoms with Gasteiger partial charge >= 0.3 is 6.16 Å². The van der Waals surface area contributed by atoms with Crippen LogP contribution in [0.1, 0.15) is 31.7 Å². The summed E-state index contributed by atoms with van der Waals surface area (Å²) in [4.78, 5) is 33.2. The first kappa shape index (κ1) is 20.4. The molecule has 1 N–H and O–H groups in total. The summed E-state index contributed by atoms with van der Waals surface area (Å²) < 4.78 is 9.97. The summed E-state index contributed by atoms with van der Waals surface area (Å²) in [5.41, 5.74) is 0.483. The normalized spacial score (nSPS) is 16.1. The van der Waals surface area contributed by atoms with E-state index in [1.165, 1.54) is 31.2 Å². The van der Waals surface area contributed by atoms with E-state index in [4.69, 9.17) is 14.7 Å². The second kappa shape index (κ2) is 8.63. The fourth-order valence-electron chi connectivity index (χ4n) is 2.74. The van der Waals surface area contributed by atoms with E-state index in [9.17, 15) is 25.0 Å². The van der Waals surface area contributed by atoms with E-state index < -0.39 is 21.9 Å². The van der Waals surface area contributed by atoms with E-state index in [1.807, 2.05) is 0 Å². The van der Waals surface area contributed by atoms with Crippen molar-refractivity contribution in [2.75, 3.05) is 6.61 Å². The molecule has 1 unspecified atom stereocenters. The van der Waals surface area contributed by atoms with Gasteiger partial charge in [0.05, 0.1) is 33.7 Å². The summed E-state index contributed by atoms with van der Waals surface area (Å²) in [6, 6.07) is 6.95. The van der Waals surface area contributed by atoms with Crippen LogP contribution in [-0.2, 0) is 9.47 Å². The van der Waals surface area contributed by atoms with E-state index in [-0.39, 0.29) is 35.9 Å². The third kappa shape index (κ3) is 4.42. The molecule has 0 saturated carbocycles. The highest BCUT2D eigenvalue weighted by Crippen LogP contribution is 2.39.